The number of ether oxygens (including phenoxy) is 1. The van der Waals surface area contributed by atoms with E-state index in [4.69, 9.17) is 4.74 Å². The summed E-state index contributed by atoms with van der Waals surface area (Å²) in [5, 5.41) is 17.6. The first kappa shape index (κ1) is 23.7. The van der Waals surface area contributed by atoms with Gasteiger partial charge in [-0.25, -0.2) is 9.48 Å². The summed E-state index contributed by atoms with van der Waals surface area (Å²) in [5.41, 5.74) is 2.58. The predicted octanol–water partition coefficient (Wildman–Crippen LogP) is 6.04. The molecule has 2 N–H and O–H groups in total. The number of aromatic nitrogens is 4. The van der Waals surface area contributed by atoms with Gasteiger partial charge in [0.2, 0.25) is 5.88 Å². The maximum absolute atomic E-state index is 12.8. The molecule has 4 rings (SSSR count). The van der Waals surface area contributed by atoms with Crippen molar-refractivity contribution < 1.29 is 22.7 Å². The summed E-state index contributed by atoms with van der Waals surface area (Å²) in [5.74, 6) is 1.30. The van der Waals surface area contributed by atoms with Crippen molar-refractivity contribution in [1.82, 2.24) is 20.0 Å². The van der Waals surface area contributed by atoms with E-state index >= 15 is 0 Å². The zero-order valence-electron chi connectivity index (χ0n) is 19.0. The van der Waals surface area contributed by atoms with Crippen molar-refractivity contribution >= 4 is 17.4 Å². The van der Waals surface area contributed by atoms with Crippen molar-refractivity contribution in [2.45, 2.75) is 26.9 Å². The summed E-state index contributed by atoms with van der Waals surface area (Å²) in [6, 6.07) is 13.5. The zero-order chi connectivity index (χ0) is 25.2. The molecule has 0 spiro atoms. The number of halogens is 3. The molecule has 8 nitrogen and oxygen atoms in total. The van der Waals surface area contributed by atoms with E-state index in [-0.39, 0.29) is 11.6 Å². The van der Waals surface area contributed by atoms with Gasteiger partial charge in [-0.2, -0.15) is 18.3 Å². The van der Waals surface area contributed by atoms with E-state index in [0.717, 1.165) is 29.1 Å². The smallest absolute Gasteiger partial charge is 0.416 e. The molecule has 4 aromatic rings. The minimum atomic E-state index is -4.50. The third kappa shape index (κ3) is 5.57. The molecule has 0 bridgehead atoms. The number of nitrogens with zero attached hydrogens (tertiary/aromatic N) is 4. The lowest BCUT2D eigenvalue weighted by molar-refractivity contribution is -0.137. The Morgan fingerprint density at radius 3 is 2.23 bits per heavy atom. The van der Waals surface area contributed by atoms with Crippen LogP contribution >= 0.6 is 0 Å². The summed E-state index contributed by atoms with van der Waals surface area (Å²) >= 11 is 0. The third-order valence-electron chi connectivity index (χ3n) is 5.28. The lowest BCUT2D eigenvalue weighted by atomic mass is 10.2. The molecule has 2 heterocycles. The van der Waals surface area contributed by atoms with E-state index in [2.05, 4.69) is 25.9 Å². The lowest BCUT2D eigenvalue weighted by Gasteiger charge is -2.11. The van der Waals surface area contributed by atoms with Gasteiger partial charge in [0.1, 0.15) is 5.75 Å². The van der Waals surface area contributed by atoms with Gasteiger partial charge in [-0.15, -0.1) is 10.2 Å². The van der Waals surface area contributed by atoms with Gasteiger partial charge in [0.25, 0.3) is 0 Å². The van der Waals surface area contributed by atoms with E-state index < -0.39 is 17.8 Å². The third-order valence-corrected chi connectivity index (χ3v) is 5.28. The molecule has 0 fully saturated rings. The Labute approximate surface area is 198 Å². The second kappa shape index (κ2) is 9.45. The Kier molecular flexibility index (Phi) is 6.41. The van der Waals surface area contributed by atoms with Crippen LogP contribution in [0.15, 0.2) is 60.7 Å². The SMILES string of the molecule is Cc1nn(-c2ccc(Oc3ccc(NC(=O)Nc4cccc(C(F)(F)F)c4)cc3)nn2)c(C)c1C. The summed E-state index contributed by atoms with van der Waals surface area (Å²) < 4.78 is 45.9. The van der Waals surface area contributed by atoms with Gasteiger partial charge in [-0.05, 0) is 74.9 Å². The second-order valence-electron chi connectivity index (χ2n) is 7.72. The van der Waals surface area contributed by atoms with Crippen LogP contribution in [0.3, 0.4) is 0 Å². The highest BCUT2D eigenvalue weighted by atomic mass is 19.4. The largest absolute Gasteiger partial charge is 0.438 e. The number of anilines is 2. The van der Waals surface area contributed by atoms with E-state index in [1.807, 2.05) is 20.8 Å². The van der Waals surface area contributed by atoms with Crippen molar-refractivity contribution in [3.05, 3.63) is 83.2 Å². The number of carbonyl (C=O) groups excluding carboxylic acids is 1. The number of alkyl halides is 3. The molecule has 35 heavy (non-hydrogen) atoms. The van der Waals surface area contributed by atoms with Crippen molar-refractivity contribution in [2.24, 2.45) is 0 Å². The summed E-state index contributed by atoms with van der Waals surface area (Å²) in [7, 11) is 0. The van der Waals surface area contributed by atoms with Gasteiger partial charge in [-0.1, -0.05) is 6.07 Å². The normalized spacial score (nSPS) is 11.3. The van der Waals surface area contributed by atoms with Crippen molar-refractivity contribution in [3.63, 3.8) is 0 Å². The van der Waals surface area contributed by atoms with E-state index in [0.29, 0.717) is 17.3 Å². The van der Waals surface area contributed by atoms with E-state index in [1.54, 1.807) is 41.1 Å². The van der Waals surface area contributed by atoms with Gasteiger partial charge in [-0.3, -0.25) is 0 Å². The highest BCUT2D eigenvalue weighted by molar-refractivity contribution is 5.99. The fraction of sp³-hybridized carbons (Fsp3) is 0.167. The van der Waals surface area contributed by atoms with E-state index in [9.17, 15) is 18.0 Å². The number of aryl methyl sites for hydroxylation is 1. The first-order chi connectivity index (χ1) is 16.6. The molecule has 2 amide bonds. The zero-order valence-corrected chi connectivity index (χ0v) is 19.0. The maximum atomic E-state index is 12.8. The lowest BCUT2D eigenvalue weighted by Crippen LogP contribution is -2.19. The predicted molar refractivity (Wildman–Crippen MR) is 124 cm³/mol. The van der Waals surface area contributed by atoms with Crippen LogP contribution in [0.25, 0.3) is 5.82 Å². The van der Waals surface area contributed by atoms with Crippen LogP contribution in [0.2, 0.25) is 0 Å². The number of hydrogen-bond donors (Lipinski definition) is 2. The molecule has 180 valence electrons. The molecule has 0 aliphatic rings. The number of urea groups is 1. The molecule has 2 aromatic carbocycles. The Bertz CT molecular complexity index is 1350. The van der Waals surface area contributed by atoms with Gasteiger partial charge in [0, 0.05) is 23.1 Å². The maximum Gasteiger partial charge on any atom is 0.416 e. The summed E-state index contributed by atoms with van der Waals surface area (Å²) in [6.45, 7) is 5.88. The fourth-order valence-corrected chi connectivity index (χ4v) is 3.22. The van der Waals surface area contributed by atoms with Crippen molar-refractivity contribution in [2.75, 3.05) is 10.6 Å². The molecule has 0 unspecified atom stereocenters. The minimum Gasteiger partial charge on any atom is -0.438 e. The van der Waals surface area contributed by atoms with Crippen LogP contribution in [-0.4, -0.2) is 26.0 Å². The first-order valence-electron chi connectivity index (χ1n) is 10.5. The number of carbonyl (C=O) groups is 1. The Morgan fingerprint density at radius 2 is 1.63 bits per heavy atom. The van der Waals surface area contributed by atoms with Crippen LogP contribution < -0.4 is 15.4 Å². The van der Waals surface area contributed by atoms with Gasteiger partial charge in [0.15, 0.2) is 5.82 Å². The second-order valence-corrected chi connectivity index (χ2v) is 7.72. The fourth-order valence-electron chi connectivity index (χ4n) is 3.22. The van der Waals surface area contributed by atoms with Gasteiger partial charge in [0.05, 0.1) is 11.3 Å². The van der Waals surface area contributed by atoms with Crippen molar-refractivity contribution in [3.8, 4) is 17.4 Å². The molecule has 0 aliphatic heterocycles. The average Bonchev–Trinajstić information content (AvgIpc) is 3.08. The number of hydrogen-bond acceptors (Lipinski definition) is 5. The Morgan fingerprint density at radius 1 is 0.914 bits per heavy atom. The highest BCUT2D eigenvalue weighted by Crippen LogP contribution is 2.30. The summed E-state index contributed by atoms with van der Waals surface area (Å²) in [4.78, 5) is 12.2. The standard InChI is InChI=1S/C24H21F3N6O2/c1-14-15(2)32-33(16(14)3)21-11-12-22(31-30-21)35-20-9-7-18(8-10-20)28-23(34)29-19-6-4-5-17(13-19)24(25,26)27/h4-13H,1-3H3,(H2,28,29,34). The monoisotopic (exact) mass is 482 g/mol. The number of benzene rings is 2. The Hall–Kier alpha value is -4.41. The van der Waals surface area contributed by atoms with E-state index in [1.165, 1.54) is 12.1 Å². The highest BCUT2D eigenvalue weighted by Gasteiger charge is 2.30. The molecule has 2 aromatic heterocycles. The summed E-state index contributed by atoms with van der Waals surface area (Å²) in [6.07, 6.45) is -4.50. The molecule has 0 saturated carbocycles. The molecule has 0 atom stereocenters. The molecular weight excluding hydrogens is 461 g/mol. The van der Waals surface area contributed by atoms with Crippen LogP contribution in [0.1, 0.15) is 22.5 Å². The number of rotatable bonds is 5. The van der Waals surface area contributed by atoms with Crippen LogP contribution in [0, 0.1) is 20.8 Å². The Balaban J connectivity index is 1.36. The molecule has 0 aliphatic carbocycles. The molecule has 0 saturated heterocycles. The molecular formula is C24H21F3N6O2. The van der Waals surface area contributed by atoms with Crippen LogP contribution in [-0.2, 0) is 6.18 Å². The van der Waals surface area contributed by atoms with Crippen LogP contribution in [0.4, 0.5) is 29.3 Å². The first-order valence-corrected chi connectivity index (χ1v) is 10.5. The van der Waals surface area contributed by atoms with Crippen molar-refractivity contribution in [1.29, 1.82) is 0 Å². The number of nitrogens with one attached hydrogen (secondary N) is 2. The average molecular weight is 482 g/mol. The minimum absolute atomic E-state index is 0.0231. The topological polar surface area (TPSA) is 94.0 Å². The quantitative estimate of drug-likeness (QED) is 0.362. The molecule has 0 radical (unpaired) electrons. The van der Waals surface area contributed by atoms with Gasteiger partial charge >= 0.3 is 12.2 Å². The molecule has 11 heteroatoms. The van der Waals surface area contributed by atoms with Crippen LogP contribution in [0.5, 0.6) is 11.6 Å². The number of amides is 2. The van der Waals surface area contributed by atoms with Gasteiger partial charge < -0.3 is 15.4 Å².